The van der Waals surface area contributed by atoms with Crippen LogP contribution in [0.1, 0.15) is 18.1 Å². The first kappa shape index (κ1) is 19.0. The Kier molecular flexibility index (Phi) is 5.86. The fourth-order valence-electron chi connectivity index (χ4n) is 2.76. The van der Waals surface area contributed by atoms with E-state index in [0.717, 1.165) is 16.8 Å². The van der Waals surface area contributed by atoms with Crippen molar-refractivity contribution in [1.29, 1.82) is 0 Å². The molecule has 1 saturated heterocycles. The maximum absolute atomic E-state index is 12.9. The van der Waals surface area contributed by atoms with Crippen LogP contribution in [-0.4, -0.2) is 36.7 Å². The Morgan fingerprint density at radius 1 is 1.15 bits per heavy atom. The number of likely N-dealkylation sites (N-methyl/N-ethyl adjacent to an activating group) is 1. The number of para-hydroxylation sites is 1. The maximum atomic E-state index is 12.9. The van der Waals surface area contributed by atoms with Gasteiger partial charge in [0.15, 0.2) is 5.17 Å². The minimum absolute atomic E-state index is 0.0558. The van der Waals surface area contributed by atoms with E-state index >= 15 is 0 Å². The summed E-state index contributed by atoms with van der Waals surface area (Å²) in [6, 6.07) is 13.4. The van der Waals surface area contributed by atoms with Crippen molar-refractivity contribution in [2.75, 3.05) is 20.8 Å². The van der Waals surface area contributed by atoms with Crippen LogP contribution < -0.4 is 9.47 Å². The van der Waals surface area contributed by atoms with E-state index in [1.807, 2.05) is 62.4 Å². The highest BCUT2D eigenvalue weighted by Gasteiger charge is 2.32. The molecule has 0 saturated carbocycles. The summed E-state index contributed by atoms with van der Waals surface area (Å²) < 4.78 is 10.7. The smallest absolute Gasteiger partial charge is 0.266 e. The second-order valence-electron chi connectivity index (χ2n) is 5.95. The molecule has 0 radical (unpaired) electrons. The summed E-state index contributed by atoms with van der Waals surface area (Å²) in [5, 5.41) is 0.685. The summed E-state index contributed by atoms with van der Waals surface area (Å²) in [6.45, 7) is 4.51. The van der Waals surface area contributed by atoms with E-state index in [-0.39, 0.29) is 5.91 Å². The highest BCUT2D eigenvalue weighted by atomic mass is 32.2. The van der Waals surface area contributed by atoms with Gasteiger partial charge in [0, 0.05) is 12.1 Å². The summed E-state index contributed by atoms with van der Waals surface area (Å²) in [6.07, 6.45) is 1.83. The fourth-order valence-corrected chi connectivity index (χ4v) is 3.80. The van der Waals surface area contributed by atoms with Crippen molar-refractivity contribution in [3.63, 3.8) is 0 Å². The van der Waals surface area contributed by atoms with E-state index in [9.17, 15) is 4.79 Å². The van der Waals surface area contributed by atoms with Crippen molar-refractivity contribution in [1.82, 2.24) is 4.90 Å². The van der Waals surface area contributed by atoms with E-state index in [0.29, 0.717) is 28.1 Å². The Bertz CT molecular complexity index is 921. The molecular weight excluding hydrogens is 360 g/mol. The molecule has 0 atom stereocenters. The van der Waals surface area contributed by atoms with Crippen molar-refractivity contribution < 1.29 is 14.3 Å². The van der Waals surface area contributed by atoms with Crippen LogP contribution in [0, 0.1) is 6.92 Å². The zero-order valence-corrected chi connectivity index (χ0v) is 16.7. The Balaban J connectivity index is 2.00. The average Bonchev–Trinajstić information content (AvgIpc) is 2.97. The third kappa shape index (κ3) is 4.01. The molecule has 2 aromatic carbocycles. The number of rotatable bonds is 5. The summed E-state index contributed by atoms with van der Waals surface area (Å²) >= 11 is 1.37. The summed E-state index contributed by atoms with van der Waals surface area (Å²) in [7, 11) is 3.22. The molecule has 0 aromatic heterocycles. The lowest BCUT2D eigenvalue weighted by Crippen LogP contribution is -2.28. The first-order valence-electron chi connectivity index (χ1n) is 8.65. The van der Waals surface area contributed by atoms with Crippen molar-refractivity contribution in [2.45, 2.75) is 13.8 Å². The number of amidine groups is 1. The van der Waals surface area contributed by atoms with Crippen LogP contribution in [0.4, 0.5) is 5.69 Å². The molecule has 2 aromatic rings. The predicted molar refractivity (Wildman–Crippen MR) is 111 cm³/mol. The molecule has 1 aliphatic rings. The number of benzene rings is 2. The average molecular weight is 382 g/mol. The van der Waals surface area contributed by atoms with Gasteiger partial charge in [0.1, 0.15) is 11.5 Å². The van der Waals surface area contributed by atoms with Crippen LogP contribution in [-0.2, 0) is 4.79 Å². The van der Waals surface area contributed by atoms with E-state index in [1.165, 1.54) is 11.8 Å². The van der Waals surface area contributed by atoms with Gasteiger partial charge in [0.25, 0.3) is 5.91 Å². The van der Waals surface area contributed by atoms with Gasteiger partial charge in [-0.15, -0.1) is 0 Å². The SMILES string of the molecule is CCN1C(=O)/C(=C\c2cc(OC)ccc2OC)SC1=Nc1ccccc1C. The minimum Gasteiger partial charge on any atom is -0.497 e. The largest absolute Gasteiger partial charge is 0.497 e. The molecule has 6 heteroatoms. The van der Waals surface area contributed by atoms with Crippen LogP contribution in [0.5, 0.6) is 11.5 Å². The van der Waals surface area contributed by atoms with Crippen LogP contribution in [0.3, 0.4) is 0 Å². The van der Waals surface area contributed by atoms with Crippen molar-refractivity contribution in [2.24, 2.45) is 4.99 Å². The van der Waals surface area contributed by atoms with E-state index in [4.69, 9.17) is 14.5 Å². The van der Waals surface area contributed by atoms with Crippen molar-refractivity contribution >= 4 is 34.6 Å². The van der Waals surface area contributed by atoms with Crippen molar-refractivity contribution in [3.8, 4) is 11.5 Å². The van der Waals surface area contributed by atoms with E-state index < -0.39 is 0 Å². The molecule has 1 heterocycles. The Morgan fingerprint density at radius 3 is 2.59 bits per heavy atom. The Hall–Kier alpha value is -2.73. The van der Waals surface area contributed by atoms with Gasteiger partial charge in [-0.05, 0) is 61.5 Å². The summed E-state index contributed by atoms with van der Waals surface area (Å²) in [5.74, 6) is 1.34. The van der Waals surface area contributed by atoms with Crippen LogP contribution >= 0.6 is 11.8 Å². The third-order valence-corrected chi connectivity index (χ3v) is 5.27. The monoisotopic (exact) mass is 382 g/mol. The third-order valence-electron chi connectivity index (χ3n) is 4.26. The lowest BCUT2D eigenvalue weighted by Gasteiger charge is -2.12. The molecule has 3 rings (SSSR count). The van der Waals surface area contributed by atoms with Gasteiger partial charge in [-0.3, -0.25) is 9.69 Å². The molecule has 0 N–H and O–H groups in total. The topological polar surface area (TPSA) is 51.1 Å². The lowest BCUT2D eigenvalue weighted by atomic mass is 10.1. The number of aryl methyl sites for hydroxylation is 1. The standard InChI is InChI=1S/C21H22N2O3S/c1-5-23-20(24)19(13-15-12-16(25-3)10-11-18(15)26-4)27-21(23)22-17-9-7-6-8-14(17)2/h6-13H,5H2,1-4H3/b19-13+,22-21?. The molecule has 27 heavy (non-hydrogen) atoms. The molecule has 0 aliphatic carbocycles. The number of carbonyl (C=O) groups is 1. The zero-order chi connectivity index (χ0) is 19.4. The normalized spacial score (nSPS) is 17.0. The first-order chi connectivity index (χ1) is 13.1. The summed E-state index contributed by atoms with van der Waals surface area (Å²) in [5.41, 5.74) is 2.73. The minimum atomic E-state index is -0.0558. The van der Waals surface area contributed by atoms with Crippen LogP contribution in [0.25, 0.3) is 6.08 Å². The van der Waals surface area contributed by atoms with Crippen LogP contribution in [0.2, 0.25) is 0 Å². The highest BCUT2D eigenvalue weighted by molar-refractivity contribution is 8.18. The van der Waals surface area contributed by atoms with Gasteiger partial charge in [-0.25, -0.2) is 4.99 Å². The number of aliphatic imine (C=N–C) groups is 1. The number of hydrogen-bond acceptors (Lipinski definition) is 5. The number of nitrogens with zero attached hydrogens (tertiary/aromatic N) is 2. The highest BCUT2D eigenvalue weighted by Crippen LogP contribution is 2.36. The molecular formula is C21H22N2O3S. The van der Waals surface area contributed by atoms with E-state index in [2.05, 4.69) is 0 Å². The molecule has 5 nitrogen and oxygen atoms in total. The zero-order valence-electron chi connectivity index (χ0n) is 15.9. The quantitative estimate of drug-likeness (QED) is 0.707. The summed E-state index contributed by atoms with van der Waals surface area (Å²) in [4.78, 5) is 19.9. The van der Waals surface area contributed by atoms with Gasteiger partial charge in [-0.1, -0.05) is 18.2 Å². The molecule has 1 aliphatic heterocycles. The number of thioether (sulfide) groups is 1. The van der Waals surface area contributed by atoms with Gasteiger partial charge >= 0.3 is 0 Å². The van der Waals surface area contributed by atoms with Gasteiger partial charge < -0.3 is 9.47 Å². The number of ether oxygens (including phenoxy) is 2. The lowest BCUT2D eigenvalue weighted by molar-refractivity contribution is -0.122. The van der Waals surface area contributed by atoms with E-state index in [1.54, 1.807) is 19.1 Å². The molecule has 1 fully saturated rings. The Labute approximate surface area is 163 Å². The second-order valence-corrected chi connectivity index (χ2v) is 6.96. The van der Waals surface area contributed by atoms with Gasteiger partial charge in [-0.2, -0.15) is 0 Å². The van der Waals surface area contributed by atoms with Gasteiger partial charge in [0.05, 0.1) is 24.8 Å². The Morgan fingerprint density at radius 2 is 1.93 bits per heavy atom. The fraction of sp³-hybridized carbons (Fsp3) is 0.238. The van der Waals surface area contributed by atoms with Gasteiger partial charge in [0.2, 0.25) is 0 Å². The number of amides is 1. The molecule has 140 valence electrons. The number of hydrogen-bond donors (Lipinski definition) is 0. The first-order valence-corrected chi connectivity index (χ1v) is 9.46. The predicted octanol–water partition coefficient (Wildman–Crippen LogP) is 4.64. The molecule has 0 spiro atoms. The molecule has 0 bridgehead atoms. The number of carbonyl (C=O) groups excluding carboxylic acids is 1. The maximum Gasteiger partial charge on any atom is 0.266 e. The molecule has 0 unspecified atom stereocenters. The van der Waals surface area contributed by atoms with Crippen LogP contribution in [0.15, 0.2) is 52.4 Å². The second kappa shape index (κ2) is 8.31. The number of methoxy groups -OCH3 is 2. The molecule has 1 amide bonds. The van der Waals surface area contributed by atoms with Crippen molar-refractivity contribution in [3.05, 3.63) is 58.5 Å².